The smallest absolute Gasteiger partial charge is 0.0638 e. The first-order valence-electron chi connectivity index (χ1n) is 7.19. The molecule has 1 aliphatic carbocycles. The van der Waals surface area contributed by atoms with E-state index in [0.29, 0.717) is 10.7 Å². The van der Waals surface area contributed by atoms with Gasteiger partial charge in [0, 0.05) is 39.3 Å². The molecule has 0 atom stereocenters. The maximum absolute atomic E-state index is 6.07. The molecule has 0 unspecified atom stereocenters. The minimum Gasteiger partial charge on any atom is -0.398 e. The van der Waals surface area contributed by atoms with Crippen LogP contribution in [-0.4, -0.2) is 42.5 Å². The van der Waals surface area contributed by atoms with Crippen molar-refractivity contribution in [1.29, 1.82) is 0 Å². The normalized spacial score (nSPS) is 21.7. The lowest BCUT2D eigenvalue weighted by atomic mass is 10.1. The summed E-state index contributed by atoms with van der Waals surface area (Å²) in [6.45, 7) is 7.04. The summed E-state index contributed by atoms with van der Waals surface area (Å²) < 4.78 is 0. The highest BCUT2D eigenvalue weighted by molar-refractivity contribution is 6.33. The number of anilines is 1. The number of hydrogen-bond acceptors (Lipinski definition) is 3. The van der Waals surface area contributed by atoms with E-state index in [4.69, 9.17) is 17.3 Å². The predicted octanol–water partition coefficient (Wildman–Crippen LogP) is 2.45. The highest BCUT2D eigenvalue weighted by Crippen LogP contribution is 2.30. The number of nitrogen functional groups attached to an aromatic ring is 1. The molecule has 1 saturated carbocycles. The van der Waals surface area contributed by atoms with E-state index >= 15 is 0 Å². The van der Waals surface area contributed by atoms with E-state index in [-0.39, 0.29) is 0 Å². The lowest BCUT2D eigenvalue weighted by Crippen LogP contribution is -2.46. The van der Waals surface area contributed by atoms with Crippen LogP contribution in [0.4, 0.5) is 5.69 Å². The first kappa shape index (κ1) is 13.2. The fraction of sp³-hybridized carbons (Fsp3) is 0.600. The van der Waals surface area contributed by atoms with Crippen LogP contribution in [0.2, 0.25) is 5.02 Å². The number of nitrogens with zero attached hydrogens (tertiary/aromatic N) is 2. The van der Waals surface area contributed by atoms with Gasteiger partial charge in [0.15, 0.2) is 0 Å². The zero-order chi connectivity index (χ0) is 13.2. The fourth-order valence-corrected chi connectivity index (χ4v) is 2.93. The number of benzene rings is 1. The minimum atomic E-state index is 0.666. The van der Waals surface area contributed by atoms with Crippen LogP contribution in [0.1, 0.15) is 18.4 Å². The minimum absolute atomic E-state index is 0.666. The molecule has 0 radical (unpaired) electrons. The number of hydrogen-bond donors (Lipinski definition) is 1. The Bertz CT molecular complexity index is 437. The van der Waals surface area contributed by atoms with E-state index in [0.717, 1.165) is 25.6 Å². The van der Waals surface area contributed by atoms with E-state index < -0.39 is 0 Å². The fourth-order valence-electron chi connectivity index (χ4n) is 2.72. The average molecular weight is 280 g/mol. The molecule has 1 aromatic rings. The monoisotopic (exact) mass is 279 g/mol. The third-order valence-electron chi connectivity index (χ3n) is 4.15. The van der Waals surface area contributed by atoms with Gasteiger partial charge in [0.2, 0.25) is 0 Å². The maximum Gasteiger partial charge on any atom is 0.0638 e. The van der Waals surface area contributed by atoms with E-state index in [9.17, 15) is 0 Å². The van der Waals surface area contributed by atoms with Crippen molar-refractivity contribution in [3.63, 3.8) is 0 Å². The van der Waals surface area contributed by atoms with Crippen molar-refractivity contribution >= 4 is 17.3 Å². The first-order chi connectivity index (χ1) is 9.20. The van der Waals surface area contributed by atoms with Gasteiger partial charge in [0.05, 0.1) is 10.7 Å². The molecule has 3 nitrogen and oxygen atoms in total. The third kappa shape index (κ3) is 3.62. The van der Waals surface area contributed by atoms with Crippen LogP contribution in [0.25, 0.3) is 0 Å². The Kier molecular flexibility index (Phi) is 3.96. The standard InChI is InChI=1S/C15H22ClN3/c16-14-9-13(3-4-15(14)17)11-19-7-5-18(6-8-19)10-12-1-2-12/h3-4,9,12H,1-2,5-8,10-11,17H2. The molecule has 0 bridgehead atoms. The van der Waals surface area contributed by atoms with E-state index in [1.807, 2.05) is 12.1 Å². The SMILES string of the molecule is Nc1ccc(CN2CCN(CC3CC3)CC2)cc1Cl. The summed E-state index contributed by atoms with van der Waals surface area (Å²) in [5.74, 6) is 1.00. The number of rotatable bonds is 4. The summed E-state index contributed by atoms with van der Waals surface area (Å²) in [6, 6.07) is 5.98. The summed E-state index contributed by atoms with van der Waals surface area (Å²) in [5, 5.41) is 0.671. The zero-order valence-corrected chi connectivity index (χ0v) is 12.1. The van der Waals surface area contributed by atoms with E-state index in [2.05, 4.69) is 15.9 Å². The predicted molar refractivity (Wildman–Crippen MR) is 80.3 cm³/mol. The van der Waals surface area contributed by atoms with Gasteiger partial charge in [-0.25, -0.2) is 0 Å². The van der Waals surface area contributed by atoms with Crippen molar-refractivity contribution < 1.29 is 0 Å². The van der Waals surface area contributed by atoms with Crippen LogP contribution < -0.4 is 5.73 Å². The van der Waals surface area contributed by atoms with Gasteiger partial charge in [0.25, 0.3) is 0 Å². The van der Waals surface area contributed by atoms with Crippen molar-refractivity contribution in [2.45, 2.75) is 19.4 Å². The highest BCUT2D eigenvalue weighted by Gasteiger charge is 2.26. The summed E-state index contributed by atoms with van der Waals surface area (Å²) in [4.78, 5) is 5.12. The number of halogens is 1. The first-order valence-corrected chi connectivity index (χ1v) is 7.57. The van der Waals surface area contributed by atoms with Crippen LogP contribution in [0.5, 0.6) is 0 Å². The Balaban J connectivity index is 1.49. The lowest BCUT2D eigenvalue weighted by Gasteiger charge is -2.34. The molecular formula is C15H22ClN3. The molecule has 0 amide bonds. The van der Waals surface area contributed by atoms with E-state index in [1.165, 1.54) is 38.0 Å². The summed E-state index contributed by atoms with van der Waals surface area (Å²) in [5.41, 5.74) is 7.67. The summed E-state index contributed by atoms with van der Waals surface area (Å²) >= 11 is 6.07. The van der Waals surface area contributed by atoms with Gasteiger partial charge in [-0.2, -0.15) is 0 Å². The molecule has 2 fully saturated rings. The van der Waals surface area contributed by atoms with Crippen molar-refractivity contribution in [2.24, 2.45) is 5.92 Å². The van der Waals surface area contributed by atoms with Gasteiger partial charge in [-0.05, 0) is 36.5 Å². The topological polar surface area (TPSA) is 32.5 Å². The molecule has 19 heavy (non-hydrogen) atoms. The molecule has 1 aliphatic heterocycles. The second-order valence-corrected chi connectivity index (χ2v) is 6.28. The second kappa shape index (κ2) is 5.70. The van der Waals surface area contributed by atoms with Crippen LogP contribution >= 0.6 is 11.6 Å². The van der Waals surface area contributed by atoms with Crippen molar-refractivity contribution in [2.75, 3.05) is 38.5 Å². The van der Waals surface area contributed by atoms with Gasteiger partial charge in [-0.1, -0.05) is 17.7 Å². The van der Waals surface area contributed by atoms with Crippen LogP contribution in [0, 0.1) is 5.92 Å². The summed E-state index contributed by atoms with van der Waals surface area (Å²) in [6.07, 6.45) is 2.90. The molecule has 0 aromatic heterocycles. The summed E-state index contributed by atoms with van der Waals surface area (Å²) in [7, 11) is 0. The Hall–Kier alpha value is -0.770. The van der Waals surface area contributed by atoms with E-state index in [1.54, 1.807) is 0 Å². The van der Waals surface area contributed by atoms with Crippen molar-refractivity contribution in [3.05, 3.63) is 28.8 Å². The van der Waals surface area contributed by atoms with Gasteiger partial charge >= 0.3 is 0 Å². The Morgan fingerprint density at radius 3 is 2.42 bits per heavy atom. The molecule has 1 saturated heterocycles. The van der Waals surface area contributed by atoms with Gasteiger partial charge < -0.3 is 10.6 Å². The Morgan fingerprint density at radius 1 is 1.11 bits per heavy atom. The van der Waals surface area contributed by atoms with Gasteiger partial charge in [-0.3, -0.25) is 4.90 Å². The number of nitrogens with two attached hydrogens (primary N) is 1. The maximum atomic E-state index is 6.07. The molecule has 2 N–H and O–H groups in total. The molecule has 0 spiro atoms. The molecule has 104 valence electrons. The van der Waals surface area contributed by atoms with Crippen LogP contribution in [-0.2, 0) is 6.54 Å². The number of piperazine rings is 1. The van der Waals surface area contributed by atoms with Crippen molar-refractivity contribution in [1.82, 2.24) is 9.80 Å². The largest absolute Gasteiger partial charge is 0.398 e. The van der Waals surface area contributed by atoms with Crippen LogP contribution in [0.15, 0.2) is 18.2 Å². The molecule has 4 heteroatoms. The third-order valence-corrected chi connectivity index (χ3v) is 4.48. The molecule has 2 aliphatic rings. The Labute approximate surface area is 120 Å². The zero-order valence-electron chi connectivity index (χ0n) is 11.3. The Morgan fingerprint density at radius 2 is 1.79 bits per heavy atom. The quantitative estimate of drug-likeness (QED) is 0.860. The van der Waals surface area contributed by atoms with Gasteiger partial charge in [-0.15, -0.1) is 0 Å². The van der Waals surface area contributed by atoms with Crippen LogP contribution in [0.3, 0.4) is 0 Å². The lowest BCUT2D eigenvalue weighted by molar-refractivity contribution is 0.123. The second-order valence-electron chi connectivity index (χ2n) is 5.88. The van der Waals surface area contributed by atoms with Crippen molar-refractivity contribution in [3.8, 4) is 0 Å². The van der Waals surface area contributed by atoms with Gasteiger partial charge in [0.1, 0.15) is 0 Å². The molecule has 3 rings (SSSR count). The molecule has 1 aromatic carbocycles. The average Bonchev–Trinajstić information content (AvgIpc) is 3.20. The molecular weight excluding hydrogens is 258 g/mol. The highest BCUT2D eigenvalue weighted by atomic mass is 35.5. The molecule has 1 heterocycles.